The Hall–Kier alpha value is -2.39. The van der Waals surface area contributed by atoms with E-state index in [0.29, 0.717) is 39.6 Å². The number of rotatable bonds is 8. The summed E-state index contributed by atoms with van der Waals surface area (Å²) in [5, 5.41) is 2.65. The van der Waals surface area contributed by atoms with E-state index in [4.69, 9.17) is 25.8 Å². The molecule has 6 rings (SSSR count). The number of methoxy groups -OCH3 is 3. The molecule has 0 radical (unpaired) electrons. The minimum absolute atomic E-state index is 0.0153. The summed E-state index contributed by atoms with van der Waals surface area (Å²) in [6.07, 6.45) is 7.33. The molecule has 8 nitrogen and oxygen atoms in total. The molecule has 36 heavy (non-hydrogen) atoms. The first-order valence-electron chi connectivity index (χ1n) is 12.2. The summed E-state index contributed by atoms with van der Waals surface area (Å²) in [5.74, 6) is 2.03. The third-order valence-corrected chi connectivity index (χ3v) is 9.30. The summed E-state index contributed by atoms with van der Waals surface area (Å²) in [6.45, 7) is 0.346. The number of alkyl halides is 1. The van der Waals surface area contributed by atoms with Crippen molar-refractivity contribution < 1.29 is 28.6 Å². The molecule has 1 aliphatic heterocycles. The standard InChI is InChI=1S/C26H31ClN2O6S/c1-33-18-7-15(8-19(34-2)21(18)35-3)9-20-22(30)29(24(32)36-20)5-4-28-23(31)25-10-16-6-17(11-25)13-26(27,12-16)14-25/h7-9,16-17H,4-6,10-14H2,1-3H3,(H,28,31)/b20-9+. The Morgan fingerprint density at radius 2 is 1.75 bits per heavy atom. The van der Waals surface area contributed by atoms with Gasteiger partial charge in [-0.2, -0.15) is 0 Å². The number of nitrogens with one attached hydrogen (secondary N) is 1. The van der Waals surface area contributed by atoms with E-state index >= 15 is 0 Å². The molecule has 2 atom stereocenters. The Labute approximate surface area is 220 Å². The third-order valence-electron chi connectivity index (χ3n) is 7.95. The van der Waals surface area contributed by atoms with Crippen LogP contribution in [-0.4, -0.2) is 61.2 Å². The molecule has 10 heteroatoms. The maximum absolute atomic E-state index is 13.2. The van der Waals surface area contributed by atoms with Crippen LogP contribution < -0.4 is 19.5 Å². The lowest BCUT2D eigenvalue weighted by Crippen LogP contribution is -2.58. The molecule has 0 spiro atoms. The summed E-state index contributed by atoms with van der Waals surface area (Å²) >= 11 is 7.74. The van der Waals surface area contributed by atoms with Gasteiger partial charge in [0.05, 0.1) is 31.6 Å². The van der Waals surface area contributed by atoms with E-state index in [9.17, 15) is 14.4 Å². The fourth-order valence-corrected chi connectivity index (χ4v) is 8.47. The lowest BCUT2D eigenvalue weighted by Gasteiger charge is -2.59. The van der Waals surface area contributed by atoms with Gasteiger partial charge in [-0.25, -0.2) is 0 Å². The Balaban J connectivity index is 1.23. The van der Waals surface area contributed by atoms with Crippen molar-refractivity contribution in [3.8, 4) is 17.2 Å². The van der Waals surface area contributed by atoms with E-state index in [1.54, 1.807) is 18.2 Å². The van der Waals surface area contributed by atoms with Gasteiger partial charge in [0, 0.05) is 18.0 Å². The van der Waals surface area contributed by atoms with Gasteiger partial charge in [0.2, 0.25) is 11.7 Å². The van der Waals surface area contributed by atoms with Crippen LogP contribution in [0.3, 0.4) is 0 Å². The number of hydrogen-bond acceptors (Lipinski definition) is 7. The maximum atomic E-state index is 13.2. The Bertz CT molecular complexity index is 1100. The average molecular weight is 535 g/mol. The number of carbonyl (C=O) groups is 3. The molecule has 1 aromatic rings. The second kappa shape index (κ2) is 9.49. The van der Waals surface area contributed by atoms with Crippen molar-refractivity contribution in [2.24, 2.45) is 17.3 Å². The quantitative estimate of drug-likeness (QED) is 0.389. The van der Waals surface area contributed by atoms with Gasteiger partial charge in [0.15, 0.2) is 11.5 Å². The van der Waals surface area contributed by atoms with Gasteiger partial charge in [-0.05, 0) is 85.9 Å². The monoisotopic (exact) mass is 534 g/mol. The van der Waals surface area contributed by atoms with Crippen molar-refractivity contribution in [3.63, 3.8) is 0 Å². The molecule has 194 valence electrons. The third kappa shape index (κ3) is 4.45. The summed E-state index contributed by atoms with van der Waals surface area (Å²) in [7, 11) is 4.54. The molecule has 0 aromatic heterocycles. The number of hydrogen-bond donors (Lipinski definition) is 1. The lowest BCUT2D eigenvalue weighted by atomic mass is 9.49. The zero-order chi connectivity index (χ0) is 25.7. The van der Waals surface area contributed by atoms with E-state index in [-0.39, 0.29) is 35.0 Å². The number of thioether (sulfide) groups is 1. The van der Waals surface area contributed by atoms with Crippen molar-refractivity contribution in [2.75, 3.05) is 34.4 Å². The van der Waals surface area contributed by atoms with Gasteiger partial charge in [0.1, 0.15) is 0 Å². The van der Waals surface area contributed by atoms with Crippen LogP contribution >= 0.6 is 23.4 Å². The fraction of sp³-hybridized carbons (Fsp3) is 0.577. The molecule has 5 fully saturated rings. The summed E-state index contributed by atoms with van der Waals surface area (Å²) < 4.78 is 16.1. The van der Waals surface area contributed by atoms with Gasteiger partial charge < -0.3 is 19.5 Å². The second-order valence-electron chi connectivity index (χ2n) is 10.4. The van der Waals surface area contributed by atoms with Crippen LogP contribution in [0.2, 0.25) is 0 Å². The Morgan fingerprint density at radius 3 is 2.31 bits per heavy atom. The van der Waals surface area contributed by atoms with Crippen LogP contribution in [0.4, 0.5) is 4.79 Å². The van der Waals surface area contributed by atoms with Crippen molar-refractivity contribution in [3.05, 3.63) is 22.6 Å². The maximum Gasteiger partial charge on any atom is 0.293 e. The van der Waals surface area contributed by atoms with Crippen LogP contribution in [0.1, 0.15) is 44.1 Å². The molecule has 1 aromatic carbocycles. The van der Waals surface area contributed by atoms with E-state index in [1.807, 2.05) is 0 Å². The summed E-state index contributed by atoms with van der Waals surface area (Å²) in [5.41, 5.74) is 0.233. The topological polar surface area (TPSA) is 94.2 Å². The predicted molar refractivity (Wildman–Crippen MR) is 137 cm³/mol. The van der Waals surface area contributed by atoms with Crippen LogP contribution in [0.5, 0.6) is 17.2 Å². The zero-order valence-electron chi connectivity index (χ0n) is 20.7. The van der Waals surface area contributed by atoms with Gasteiger partial charge in [-0.3, -0.25) is 19.3 Å². The van der Waals surface area contributed by atoms with Crippen molar-refractivity contribution in [1.82, 2.24) is 10.2 Å². The molecule has 4 aliphatic carbocycles. The number of benzene rings is 1. The van der Waals surface area contributed by atoms with Crippen LogP contribution in [0.25, 0.3) is 6.08 Å². The molecular weight excluding hydrogens is 504 g/mol. The molecule has 1 saturated heterocycles. The minimum Gasteiger partial charge on any atom is -0.493 e. The van der Waals surface area contributed by atoms with Gasteiger partial charge in [-0.1, -0.05) is 0 Å². The first kappa shape index (κ1) is 25.3. The van der Waals surface area contributed by atoms with Gasteiger partial charge >= 0.3 is 0 Å². The Kier molecular flexibility index (Phi) is 6.66. The first-order chi connectivity index (χ1) is 17.2. The number of halogens is 1. The molecule has 2 unspecified atom stereocenters. The summed E-state index contributed by atoms with van der Waals surface area (Å²) in [4.78, 5) is 40.1. The van der Waals surface area contributed by atoms with Crippen molar-refractivity contribution >= 4 is 46.5 Å². The highest BCUT2D eigenvalue weighted by Crippen LogP contribution is 2.63. The molecule has 4 bridgehead atoms. The minimum atomic E-state index is -0.406. The van der Waals surface area contributed by atoms with Crippen LogP contribution in [0, 0.1) is 17.3 Å². The smallest absolute Gasteiger partial charge is 0.293 e. The van der Waals surface area contributed by atoms with Crippen molar-refractivity contribution in [1.29, 1.82) is 0 Å². The number of amides is 3. The average Bonchev–Trinajstić information content (AvgIpc) is 3.08. The SMILES string of the molecule is COc1cc(/C=C2/SC(=O)N(CCNC(=O)C34CC5CC(CC(Cl)(C5)C3)C4)C2=O)cc(OC)c1OC. The van der Waals surface area contributed by atoms with E-state index < -0.39 is 5.41 Å². The highest BCUT2D eigenvalue weighted by Gasteiger charge is 2.60. The Morgan fingerprint density at radius 1 is 1.11 bits per heavy atom. The van der Waals surface area contributed by atoms with Crippen LogP contribution in [-0.2, 0) is 9.59 Å². The van der Waals surface area contributed by atoms with Crippen LogP contribution in [0.15, 0.2) is 17.0 Å². The lowest BCUT2D eigenvalue weighted by molar-refractivity contribution is -0.144. The van der Waals surface area contributed by atoms with Crippen molar-refractivity contribution in [2.45, 2.75) is 43.4 Å². The number of imide groups is 1. The highest BCUT2D eigenvalue weighted by atomic mass is 35.5. The number of nitrogens with zero attached hydrogens (tertiary/aromatic N) is 1. The largest absolute Gasteiger partial charge is 0.493 e. The molecular formula is C26H31ClN2O6S. The highest BCUT2D eigenvalue weighted by molar-refractivity contribution is 8.18. The number of carbonyl (C=O) groups excluding carboxylic acids is 3. The zero-order valence-corrected chi connectivity index (χ0v) is 22.3. The van der Waals surface area contributed by atoms with E-state index in [0.717, 1.165) is 43.9 Å². The normalized spacial score (nSPS) is 31.8. The van der Waals surface area contributed by atoms with E-state index in [2.05, 4.69) is 5.32 Å². The molecule has 1 heterocycles. The summed E-state index contributed by atoms with van der Waals surface area (Å²) in [6, 6.07) is 3.43. The second-order valence-corrected chi connectivity index (χ2v) is 12.2. The first-order valence-corrected chi connectivity index (χ1v) is 13.4. The van der Waals surface area contributed by atoms with E-state index in [1.165, 1.54) is 32.7 Å². The molecule has 1 N–H and O–H groups in total. The molecule has 4 saturated carbocycles. The van der Waals surface area contributed by atoms with Gasteiger partial charge in [-0.15, -0.1) is 11.6 Å². The molecule has 5 aliphatic rings. The molecule has 3 amide bonds. The fourth-order valence-electron chi connectivity index (χ4n) is 6.91. The number of ether oxygens (including phenoxy) is 3. The van der Waals surface area contributed by atoms with Gasteiger partial charge in [0.25, 0.3) is 11.1 Å². The predicted octanol–water partition coefficient (Wildman–Crippen LogP) is 4.44.